The first-order valence-electron chi connectivity index (χ1n) is 6.93. The lowest BCUT2D eigenvalue weighted by Gasteiger charge is -2.28. The molecule has 0 spiro atoms. The first-order chi connectivity index (χ1) is 8.60. The van der Waals surface area contributed by atoms with E-state index in [1.54, 1.807) is 0 Å². The van der Waals surface area contributed by atoms with Gasteiger partial charge in [0.15, 0.2) is 0 Å². The zero-order chi connectivity index (χ0) is 13.1. The molecule has 0 aromatic heterocycles. The number of hydrogen-bond donors (Lipinski definition) is 0. The molecule has 0 heterocycles. The second-order valence-corrected chi connectivity index (χ2v) is 6.26. The van der Waals surface area contributed by atoms with Gasteiger partial charge in [-0.15, -0.1) is 0 Å². The molecule has 1 aliphatic rings. The number of ether oxygens (including phenoxy) is 1. The van der Waals surface area contributed by atoms with Gasteiger partial charge in [0.25, 0.3) is 0 Å². The van der Waals surface area contributed by atoms with E-state index in [0.29, 0.717) is 6.10 Å². The van der Waals surface area contributed by atoms with Gasteiger partial charge in [-0.05, 0) is 55.7 Å². The van der Waals surface area contributed by atoms with Crippen LogP contribution in [-0.2, 0) is 5.33 Å². The Kier molecular flexibility index (Phi) is 4.71. The first-order valence-corrected chi connectivity index (χ1v) is 8.05. The van der Waals surface area contributed by atoms with Crippen LogP contribution in [0.5, 0.6) is 5.75 Å². The third-order valence-electron chi connectivity index (χ3n) is 3.85. The molecule has 1 aromatic carbocycles. The van der Waals surface area contributed by atoms with Gasteiger partial charge in [-0.2, -0.15) is 0 Å². The second kappa shape index (κ2) is 6.10. The summed E-state index contributed by atoms with van der Waals surface area (Å²) in [4.78, 5) is 0. The van der Waals surface area contributed by atoms with Crippen molar-refractivity contribution in [2.75, 3.05) is 0 Å². The zero-order valence-electron chi connectivity index (χ0n) is 11.6. The molecular weight excluding hydrogens is 288 g/mol. The van der Waals surface area contributed by atoms with E-state index >= 15 is 0 Å². The molecule has 1 aromatic rings. The molecule has 1 fully saturated rings. The maximum absolute atomic E-state index is 6.27. The quantitative estimate of drug-likeness (QED) is 0.701. The standard InChI is InChI=1S/C16H23BrO/c1-11-5-4-6-15(7-11)18-16-12(2)8-14(10-17)9-13(16)3/h8-9,11,15H,4-7,10H2,1-3H3. The van der Waals surface area contributed by atoms with E-state index in [-0.39, 0.29) is 0 Å². The molecule has 0 bridgehead atoms. The fourth-order valence-electron chi connectivity index (χ4n) is 2.96. The predicted octanol–water partition coefficient (Wildman–Crippen LogP) is 5.16. The number of hydrogen-bond acceptors (Lipinski definition) is 1. The minimum atomic E-state index is 0.418. The summed E-state index contributed by atoms with van der Waals surface area (Å²) in [5.41, 5.74) is 3.86. The van der Waals surface area contributed by atoms with Crippen molar-refractivity contribution in [3.63, 3.8) is 0 Å². The average Bonchev–Trinajstić information content (AvgIpc) is 2.33. The highest BCUT2D eigenvalue weighted by atomic mass is 79.9. The van der Waals surface area contributed by atoms with Crippen LogP contribution in [0.2, 0.25) is 0 Å². The zero-order valence-corrected chi connectivity index (χ0v) is 13.2. The van der Waals surface area contributed by atoms with E-state index in [9.17, 15) is 0 Å². The molecule has 0 radical (unpaired) electrons. The fraction of sp³-hybridized carbons (Fsp3) is 0.625. The Morgan fingerprint density at radius 3 is 2.44 bits per heavy atom. The summed E-state index contributed by atoms with van der Waals surface area (Å²) < 4.78 is 6.27. The highest BCUT2D eigenvalue weighted by molar-refractivity contribution is 9.08. The van der Waals surface area contributed by atoms with Crippen molar-refractivity contribution in [1.29, 1.82) is 0 Å². The Labute approximate surface area is 119 Å². The molecule has 2 atom stereocenters. The van der Waals surface area contributed by atoms with Gasteiger partial charge in [0.2, 0.25) is 0 Å². The highest BCUT2D eigenvalue weighted by Gasteiger charge is 2.21. The van der Waals surface area contributed by atoms with Crippen LogP contribution >= 0.6 is 15.9 Å². The van der Waals surface area contributed by atoms with Crippen molar-refractivity contribution < 1.29 is 4.74 Å². The summed E-state index contributed by atoms with van der Waals surface area (Å²) in [5.74, 6) is 1.92. The number of alkyl halides is 1. The third kappa shape index (κ3) is 3.28. The minimum absolute atomic E-state index is 0.418. The van der Waals surface area contributed by atoms with Crippen LogP contribution in [0.1, 0.15) is 49.3 Å². The van der Waals surface area contributed by atoms with Crippen LogP contribution in [0, 0.1) is 19.8 Å². The average molecular weight is 311 g/mol. The lowest BCUT2D eigenvalue weighted by molar-refractivity contribution is 0.127. The molecule has 2 unspecified atom stereocenters. The normalized spacial score (nSPS) is 24.0. The third-order valence-corrected chi connectivity index (χ3v) is 4.49. The van der Waals surface area contributed by atoms with Crippen LogP contribution in [-0.4, -0.2) is 6.10 Å². The fourth-order valence-corrected chi connectivity index (χ4v) is 3.28. The van der Waals surface area contributed by atoms with Crippen LogP contribution in [0.25, 0.3) is 0 Å². The van der Waals surface area contributed by atoms with Crippen LogP contribution in [0.15, 0.2) is 12.1 Å². The second-order valence-electron chi connectivity index (χ2n) is 5.70. The van der Waals surface area contributed by atoms with E-state index in [1.807, 2.05) is 0 Å². The van der Waals surface area contributed by atoms with Crippen molar-refractivity contribution >= 4 is 15.9 Å². The van der Waals surface area contributed by atoms with Gasteiger partial charge in [-0.3, -0.25) is 0 Å². The van der Waals surface area contributed by atoms with Crippen molar-refractivity contribution in [2.45, 2.75) is 57.9 Å². The minimum Gasteiger partial charge on any atom is -0.490 e. The van der Waals surface area contributed by atoms with Gasteiger partial charge in [0.05, 0.1) is 6.10 Å². The summed E-state index contributed by atoms with van der Waals surface area (Å²) in [5, 5.41) is 0.912. The molecular formula is C16H23BrO. The molecule has 2 rings (SSSR count). The molecule has 0 amide bonds. The monoisotopic (exact) mass is 310 g/mol. The smallest absolute Gasteiger partial charge is 0.125 e. The maximum atomic E-state index is 6.27. The highest BCUT2D eigenvalue weighted by Crippen LogP contribution is 2.31. The van der Waals surface area contributed by atoms with E-state index in [1.165, 1.54) is 42.4 Å². The lowest BCUT2D eigenvalue weighted by atomic mass is 9.88. The molecule has 1 saturated carbocycles. The lowest BCUT2D eigenvalue weighted by Crippen LogP contribution is -2.24. The van der Waals surface area contributed by atoms with E-state index in [4.69, 9.17) is 4.74 Å². The molecule has 0 saturated heterocycles. The molecule has 1 aliphatic carbocycles. The summed E-state index contributed by atoms with van der Waals surface area (Å²) in [6.07, 6.45) is 5.51. The van der Waals surface area contributed by atoms with Crippen molar-refractivity contribution in [3.8, 4) is 5.75 Å². The van der Waals surface area contributed by atoms with Gasteiger partial charge < -0.3 is 4.74 Å². The number of halogens is 1. The van der Waals surface area contributed by atoms with Crippen molar-refractivity contribution in [3.05, 3.63) is 28.8 Å². The summed E-state index contributed by atoms with van der Waals surface area (Å²) >= 11 is 3.52. The van der Waals surface area contributed by atoms with E-state index < -0.39 is 0 Å². The van der Waals surface area contributed by atoms with Crippen LogP contribution in [0.3, 0.4) is 0 Å². The number of benzene rings is 1. The van der Waals surface area contributed by atoms with E-state index in [2.05, 4.69) is 48.8 Å². The Balaban J connectivity index is 2.13. The molecule has 2 heteroatoms. The molecule has 0 N–H and O–H groups in total. The largest absolute Gasteiger partial charge is 0.490 e. The number of rotatable bonds is 3. The van der Waals surface area contributed by atoms with E-state index in [0.717, 1.165) is 17.0 Å². The Morgan fingerprint density at radius 1 is 1.22 bits per heavy atom. The summed E-state index contributed by atoms with van der Waals surface area (Å²) in [6, 6.07) is 4.45. The number of aryl methyl sites for hydroxylation is 2. The van der Waals surface area contributed by atoms with Gasteiger partial charge in [-0.25, -0.2) is 0 Å². The molecule has 100 valence electrons. The maximum Gasteiger partial charge on any atom is 0.125 e. The molecule has 0 aliphatic heterocycles. The van der Waals surface area contributed by atoms with Gasteiger partial charge >= 0.3 is 0 Å². The van der Waals surface area contributed by atoms with Crippen molar-refractivity contribution in [2.24, 2.45) is 5.92 Å². The molecule has 18 heavy (non-hydrogen) atoms. The van der Waals surface area contributed by atoms with Crippen LogP contribution in [0.4, 0.5) is 0 Å². The molecule has 1 nitrogen and oxygen atoms in total. The van der Waals surface area contributed by atoms with Gasteiger partial charge in [0, 0.05) is 5.33 Å². The Bertz CT molecular complexity index is 391. The Morgan fingerprint density at radius 2 is 1.89 bits per heavy atom. The Hall–Kier alpha value is -0.500. The predicted molar refractivity (Wildman–Crippen MR) is 80.6 cm³/mol. The summed E-state index contributed by atoms with van der Waals surface area (Å²) in [6.45, 7) is 6.64. The first kappa shape index (κ1) is 13.9. The van der Waals surface area contributed by atoms with Gasteiger partial charge in [-0.1, -0.05) is 41.4 Å². The summed E-state index contributed by atoms with van der Waals surface area (Å²) in [7, 11) is 0. The van der Waals surface area contributed by atoms with Crippen LogP contribution < -0.4 is 4.74 Å². The van der Waals surface area contributed by atoms with Crippen molar-refractivity contribution in [1.82, 2.24) is 0 Å². The van der Waals surface area contributed by atoms with Gasteiger partial charge in [0.1, 0.15) is 5.75 Å². The SMILES string of the molecule is Cc1cc(CBr)cc(C)c1OC1CCCC(C)C1. The topological polar surface area (TPSA) is 9.23 Å².